The SMILES string of the molecule is CC/C=C/C/C=C/C/C=C/CCCCCCC(=O)OC(CCCC/C=C\C/C=C\C/C=C\CCCCC)CC(=O)NC(CO)C(O)CCCCCCCCCCCCCCCC. The fraction of sp³-hybridized carbons (Fsp3) is 0.750. The van der Waals surface area contributed by atoms with E-state index in [9.17, 15) is 19.8 Å². The standard InChI is InChI=1S/C56H99NO5/c1-4-7-10-13-16-19-22-25-28-29-32-35-38-41-44-47-52(62-56(61)49-46-43-40-37-34-31-27-24-21-18-15-12-9-6-3)50-55(60)57-53(51-58)54(59)48-45-42-39-36-33-30-26-23-20-17-14-11-8-5-2/h9,12,16,18-19,21,25,27-28,31-32,35,52-54,58-59H,4-8,10-11,13-15,17,20,22-24,26,29-30,33-34,36-51H2,1-3H3,(H,57,60)/b12-9+,19-16-,21-18+,28-25-,31-27+,35-32-. The van der Waals surface area contributed by atoms with Crippen LogP contribution in [0.5, 0.6) is 0 Å². The summed E-state index contributed by atoms with van der Waals surface area (Å²) in [6.45, 7) is 6.33. The lowest BCUT2D eigenvalue weighted by atomic mass is 10.0. The first-order valence-electron chi connectivity index (χ1n) is 26.2. The molecule has 0 aliphatic carbocycles. The van der Waals surface area contributed by atoms with Gasteiger partial charge in [0.2, 0.25) is 5.91 Å². The third-order valence-electron chi connectivity index (χ3n) is 11.5. The predicted molar refractivity (Wildman–Crippen MR) is 268 cm³/mol. The lowest BCUT2D eigenvalue weighted by Crippen LogP contribution is -2.46. The zero-order valence-corrected chi connectivity index (χ0v) is 40.7. The average molecular weight is 866 g/mol. The maximum Gasteiger partial charge on any atom is 0.306 e. The lowest BCUT2D eigenvalue weighted by Gasteiger charge is -2.24. The molecule has 0 radical (unpaired) electrons. The Morgan fingerprint density at radius 2 is 0.871 bits per heavy atom. The fourth-order valence-corrected chi connectivity index (χ4v) is 7.57. The third-order valence-corrected chi connectivity index (χ3v) is 11.5. The molecule has 3 N–H and O–H groups in total. The van der Waals surface area contributed by atoms with Crippen LogP contribution in [0.25, 0.3) is 0 Å². The molecule has 6 nitrogen and oxygen atoms in total. The maximum absolute atomic E-state index is 13.2. The molecule has 0 aliphatic rings. The number of nitrogens with one attached hydrogen (secondary N) is 1. The van der Waals surface area contributed by atoms with Crippen molar-refractivity contribution in [2.24, 2.45) is 0 Å². The minimum absolute atomic E-state index is 0.0401. The molecule has 0 aliphatic heterocycles. The van der Waals surface area contributed by atoms with Gasteiger partial charge in [0.15, 0.2) is 0 Å². The van der Waals surface area contributed by atoms with Gasteiger partial charge in [-0.2, -0.15) is 0 Å². The van der Waals surface area contributed by atoms with Crippen LogP contribution in [-0.2, 0) is 14.3 Å². The Morgan fingerprint density at radius 3 is 1.37 bits per heavy atom. The second kappa shape index (κ2) is 49.3. The first-order chi connectivity index (χ1) is 30.5. The molecule has 358 valence electrons. The third kappa shape index (κ3) is 43.9. The number of esters is 1. The second-order valence-electron chi connectivity index (χ2n) is 17.5. The molecule has 0 bridgehead atoms. The van der Waals surface area contributed by atoms with Crippen LogP contribution in [0.2, 0.25) is 0 Å². The molecule has 0 spiro atoms. The van der Waals surface area contributed by atoms with Gasteiger partial charge in [-0.1, -0.05) is 209 Å². The fourth-order valence-electron chi connectivity index (χ4n) is 7.57. The normalized spacial score (nSPS) is 13.8. The number of allylic oxidation sites excluding steroid dienone is 12. The van der Waals surface area contributed by atoms with Gasteiger partial charge in [-0.3, -0.25) is 9.59 Å². The Kier molecular flexibility index (Phi) is 47.2. The van der Waals surface area contributed by atoms with Crippen molar-refractivity contribution in [1.82, 2.24) is 5.32 Å². The van der Waals surface area contributed by atoms with Crippen LogP contribution < -0.4 is 5.32 Å². The molecule has 1 amide bonds. The van der Waals surface area contributed by atoms with E-state index in [-0.39, 0.29) is 24.9 Å². The molecule has 62 heavy (non-hydrogen) atoms. The van der Waals surface area contributed by atoms with E-state index in [0.29, 0.717) is 19.3 Å². The van der Waals surface area contributed by atoms with E-state index >= 15 is 0 Å². The Bertz CT molecular complexity index is 1150. The molecular weight excluding hydrogens is 767 g/mol. The van der Waals surface area contributed by atoms with Gasteiger partial charge in [-0.15, -0.1) is 0 Å². The summed E-state index contributed by atoms with van der Waals surface area (Å²) in [6.07, 6.45) is 62.4. The van der Waals surface area contributed by atoms with Gasteiger partial charge in [-0.05, 0) is 96.3 Å². The quantitative estimate of drug-likeness (QED) is 0.0322. The topological polar surface area (TPSA) is 95.9 Å². The highest BCUT2D eigenvalue weighted by molar-refractivity contribution is 5.77. The number of aliphatic hydroxyl groups is 2. The summed E-state index contributed by atoms with van der Waals surface area (Å²) >= 11 is 0. The molecule has 0 aromatic rings. The number of carbonyl (C=O) groups is 2. The highest BCUT2D eigenvalue weighted by Crippen LogP contribution is 2.17. The minimum Gasteiger partial charge on any atom is -0.462 e. The highest BCUT2D eigenvalue weighted by Gasteiger charge is 2.24. The van der Waals surface area contributed by atoms with Crippen molar-refractivity contribution in [3.05, 3.63) is 72.9 Å². The molecule has 3 unspecified atom stereocenters. The second-order valence-corrected chi connectivity index (χ2v) is 17.5. The zero-order chi connectivity index (χ0) is 45.2. The number of carbonyl (C=O) groups excluding carboxylic acids is 2. The monoisotopic (exact) mass is 866 g/mol. The predicted octanol–water partition coefficient (Wildman–Crippen LogP) is 15.8. The molecule has 0 heterocycles. The molecular formula is C56H99NO5. The molecule has 0 rings (SSSR count). The molecule has 3 atom stereocenters. The molecule has 0 aromatic carbocycles. The van der Waals surface area contributed by atoms with Gasteiger partial charge in [0.05, 0.1) is 25.2 Å². The van der Waals surface area contributed by atoms with Crippen molar-refractivity contribution < 1.29 is 24.5 Å². The van der Waals surface area contributed by atoms with Gasteiger partial charge in [0.1, 0.15) is 6.10 Å². The number of aliphatic hydroxyl groups excluding tert-OH is 2. The summed E-state index contributed by atoms with van der Waals surface area (Å²) in [7, 11) is 0. The highest BCUT2D eigenvalue weighted by atomic mass is 16.5. The van der Waals surface area contributed by atoms with Crippen LogP contribution in [0.3, 0.4) is 0 Å². The van der Waals surface area contributed by atoms with E-state index in [1.165, 1.54) is 96.3 Å². The van der Waals surface area contributed by atoms with E-state index in [1.54, 1.807) is 0 Å². The molecule has 0 saturated carbocycles. The Morgan fingerprint density at radius 1 is 0.484 bits per heavy atom. The van der Waals surface area contributed by atoms with Gasteiger partial charge in [0, 0.05) is 6.42 Å². The van der Waals surface area contributed by atoms with Crippen molar-refractivity contribution in [2.45, 2.75) is 264 Å². The molecule has 0 saturated heterocycles. The van der Waals surface area contributed by atoms with Crippen LogP contribution in [0.4, 0.5) is 0 Å². The van der Waals surface area contributed by atoms with E-state index < -0.39 is 18.2 Å². The van der Waals surface area contributed by atoms with Crippen molar-refractivity contribution in [3.63, 3.8) is 0 Å². The Hall–Kier alpha value is -2.70. The van der Waals surface area contributed by atoms with Crippen molar-refractivity contribution >= 4 is 11.9 Å². The van der Waals surface area contributed by atoms with Crippen LogP contribution in [0.1, 0.15) is 245 Å². The number of rotatable bonds is 46. The number of ether oxygens (including phenoxy) is 1. The Labute approximate surface area is 383 Å². The number of unbranched alkanes of at least 4 members (excludes halogenated alkanes) is 22. The summed E-state index contributed by atoms with van der Waals surface area (Å²) in [4.78, 5) is 26.1. The molecule has 6 heteroatoms. The first-order valence-corrected chi connectivity index (χ1v) is 26.2. The Balaban J connectivity index is 4.68. The first kappa shape index (κ1) is 59.3. The van der Waals surface area contributed by atoms with Crippen LogP contribution >= 0.6 is 0 Å². The van der Waals surface area contributed by atoms with Gasteiger partial charge >= 0.3 is 5.97 Å². The van der Waals surface area contributed by atoms with Crippen LogP contribution in [0.15, 0.2) is 72.9 Å². The molecule has 0 fully saturated rings. The number of hydrogen-bond donors (Lipinski definition) is 3. The van der Waals surface area contributed by atoms with Crippen LogP contribution in [-0.4, -0.2) is 46.9 Å². The lowest BCUT2D eigenvalue weighted by molar-refractivity contribution is -0.151. The van der Waals surface area contributed by atoms with E-state index in [2.05, 4.69) is 99.0 Å². The van der Waals surface area contributed by atoms with Gasteiger partial charge in [-0.25, -0.2) is 0 Å². The van der Waals surface area contributed by atoms with E-state index in [1.807, 2.05) is 0 Å². The molecule has 0 aromatic heterocycles. The summed E-state index contributed by atoms with van der Waals surface area (Å²) in [6, 6.07) is -0.721. The van der Waals surface area contributed by atoms with E-state index in [0.717, 1.165) is 103 Å². The summed E-state index contributed by atoms with van der Waals surface area (Å²) in [5.74, 6) is -0.538. The number of amides is 1. The summed E-state index contributed by atoms with van der Waals surface area (Å²) in [5.41, 5.74) is 0. The summed E-state index contributed by atoms with van der Waals surface area (Å²) < 4.78 is 5.91. The van der Waals surface area contributed by atoms with Crippen molar-refractivity contribution in [3.8, 4) is 0 Å². The van der Waals surface area contributed by atoms with Gasteiger partial charge < -0.3 is 20.3 Å². The largest absolute Gasteiger partial charge is 0.462 e. The zero-order valence-electron chi connectivity index (χ0n) is 40.7. The smallest absolute Gasteiger partial charge is 0.306 e. The summed E-state index contributed by atoms with van der Waals surface area (Å²) in [5, 5.41) is 23.8. The maximum atomic E-state index is 13.2. The van der Waals surface area contributed by atoms with E-state index in [4.69, 9.17) is 4.74 Å². The van der Waals surface area contributed by atoms with Crippen molar-refractivity contribution in [1.29, 1.82) is 0 Å². The minimum atomic E-state index is -0.804. The van der Waals surface area contributed by atoms with Crippen molar-refractivity contribution in [2.75, 3.05) is 6.61 Å². The van der Waals surface area contributed by atoms with Crippen LogP contribution in [0, 0.1) is 0 Å². The number of hydrogen-bond acceptors (Lipinski definition) is 5. The van der Waals surface area contributed by atoms with Gasteiger partial charge in [0.25, 0.3) is 0 Å². The average Bonchev–Trinajstić information content (AvgIpc) is 3.26.